The first kappa shape index (κ1) is 14.5. The van der Waals surface area contributed by atoms with E-state index < -0.39 is 0 Å². The largest absolute Gasteiger partial charge is 0.348 e. The van der Waals surface area contributed by atoms with E-state index in [9.17, 15) is 4.79 Å². The maximum Gasteiger partial charge on any atom is 0.271 e. The van der Waals surface area contributed by atoms with Gasteiger partial charge in [0.1, 0.15) is 11.5 Å². The molecule has 1 aromatic heterocycles. The quantitative estimate of drug-likeness (QED) is 0.943. The summed E-state index contributed by atoms with van der Waals surface area (Å²) in [6, 6.07) is 9.35. The Morgan fingerprint density at radius 2 is 2.04 bits per heavy atom. The highest BCUT2D eigenvalue weighted by Gasteiger charge is 2.27. The summed E-state index contributed by atoms with van der Waals surface area (Å²) in [4.78, 5) is 16.7. The zero-order chi connectivity index (χ0) is 15.8. The van der Waals surface area contributed by atoms with Crippen molar-refractivity contribution in [3.63, 3.8) is 0 Å². The predicted octanol–water partition coefficient (Wildman–Crippen LogP) is 3.07. The topological polar surface area (TPSA) is 46.9 Å². The maximum atomic E-state index is 12.1. The van der Waals surface area contributed by atoms with E-state index in [-0.39, 0.29) is 5.91 Å². The second-order valence-electron chi connectivity index (χ2n) is 6.77. The van der Waals surface area contributed by atoms with Crippen LogP contribution in [0.5, 0.6) is 0 Å². The van der Waals surface area contributed by atoms with E-state index in [0.717, 1.165) is 44.5 Å². The SMILES string of the molecule is CCc1ccc(C2CCc3nc(C(=O)NC4CC4)cn3C2)cc1. The zero-order valence-corrected chi connectivity index (χ0v) is 13.6. The van der Waals surface area contributed by atoms with Crippen molar-refractivity contribution < 1.29 is 4.79 Å². The Kier molecular flexibility index (Phi) is 3.68. The third-order valence-corrected chi connectivity index (χ3v) is 5.00. The molecule has 1 amide bonds. The first-order valence-corrected chi connectivity index (χ1v) is 8.68. The molecule has 1 saturated carbocycles. The van der Waals surface area contributed by atoms with Crippen molar-refractivity contribution in [3.05, 3.63) is 53.1 Å². The molecule has 0 radical (unpaired) electrons. The summed E-state index contributed by atoms with van der Waals surface area (Å²) < 4.78 is 2.17. The van der Waals surface area contributed by atoms with Crippen molar-refractivity contribution >= 4 is 5.91 Å². The van der Waals surface area contributed by atoms with Crippen molar-refractivity contribution in [2.24, 2.45) is 0 Å². The fourth-order valence-corrected chi connectivity index (χ4v) is 3.34. The lowest BCUT2D eigenvalue weighted by Gasteiger charge is -2.24. The molecular weight excluding hydrogens is 286 g/mol. The number of benzene rings is 1. The first-order chi connectivity index (χ1) is 11.2. The third kappa shape index (κ3) is 3.03. The van der Waals surface area contributed by atoms with Gasteiger partial charge in [-0.2, -0.15) is 0 Å². The molecule has 1 unspecified atom stereocenters. The summed E-state index contributed by atoms with van der Waals surface area (Å²) in [7, 11) is 0. The Labute approximate surface area is 136 Å². The molecule has 4 rings (SSSR count). The fraction of sp³-hybridized carbons (Fsp3) is 0.474. The highest BCUT2D eigenvalue weighted by atomic mass is 16.2. The Morgan fingerprint density at radius 3 is 2.74 bits per heavy atom. The van der Waals surface area contributed by atoms with E-state index in [2.05, 4.69) is 46.1 Å². The van der Waals surface area contributed by atoms with Crippen LogP contribution in [0, 0.1) is 0 Å². The zero-order valence-electron chi connectivity index (χ0n) is 13.6. The van der Waals surface area contributed by atoms with Crippen LogP contribution in [0.1, 0.15) is 59.5 Å². The Morgan fingerprint density at radius 1 is 1.26 bits per heavy atom. The Balaban J connectivity index is 1.49. The van der Waals surface area contributed by atoms with Crippen LogP contribution in [-0.2, 0) is 19.4 Å². The normalized spacial score (nSPS) is 20.1. The molecule has 0 saturated heterocycles. The van der Waals surface area contributed by atoms with Gasteiger partial charge in [0.15, 0.2) is 0 Å². The number of nitrogens with one attached hydrogen (secondary N) is 1. The molecule has 1 aliphatic carbocycles. The summed E-state index contributed by atoms with van der Waals surface area (Å²) in [5.74, 6) is 1.55. The van der Waals surface area contributed by atoms with E-state index in [1.807, 2.05) is 6.20 Å². The molecule has 1 fully saturated rings. The monoisotopic (exact) mass is 309 g/mol. The summed E-state index contributed by atoms with van der Waals surface area (Å²) in [6.07, 6.45) is 7.27. The number of aromatic nitrogens is 2. The van der Waals surface area contributed by atoms with Crippen LogP contribution in [0.4, 0.5) is 0 Å². The van der Waals surface area contributed by atoms with Gasteiger partial charge < -0.3 is 9.88 Å². The van der Waals surface area contributed by atoms with E-state index in [0.29, 0.717) is 17.7 Å². The van der Waals surface area contributed by atoms with Gasteiger partial charge in [-0.05, 0) is 36.8 Å². The molecule has 4 heteroatoms. The number of rotatable bonds is 4. The van der Waals surface area contributed by atoms with Gasteiger partial charge >= 0.3 is 0 Å². The molecule has 2 aromatic rings. The van der Waals surface area contributed by atoms with Gasteiger partial charge in [0, 0.05) is 31.1 Å². The summed E-state index contributed by atoms with van der Waals surface area (Å²) in [5, 5.41) is 3.02. The number of fused-ring (bicyclic) bond motifs is 1. The van der Waals surface area contributed by atoms with Gasteiger partial charge in [-0.15, -0.1) is 0 Å². The van der Waals surface area contributed by atoms with E-state index in [1.54, 1.807) is 0 Å². The highest BCUT2D eigenvalue weighted by Crippen LogP contribution is 2.29. The van der Waals surface area contributed by atoms with E-state index >= 15 is 0 Å². The molecule has 23 heavy (non-hydrogen) atoms. The minimum absolute atomic E-state index is 0.0155. The van der Waals surface area contributed by atoms with Gasteiger partial charge in [-0.3, -0.25) is 4.79 Å². The lowest BCUT2D eigenvalue weighted by molar-refractivity contribution is 0.0946. The van der Waals surface area contributed by atoms with Gasteiger partial charge in [-0.25, -0.2) is 4.98 Å². The van der Waals surface area contributed by atoms with Crippen molar-refractivity contribution in [3.8, 4) is 0 Å². The molecule has 1 N–H and O–H groups in total. The number of hydrogen-bond acceptors (Lipinski definition) is 2. The molecule has 0 bridgehead atoms. The highest BCUT2D eigenvalue weighted by molar-refractivity contribution is 5.92. The Bertz CT molecular complexity index is 713. The van der Waals surface area contributed by atoms with Crippen molar-refractivity contribution in [1.29, 1.82) is 0 Å². The molecule has 2 aliphatic rings. The second-order valence-corrected chi connectivity index (χ2v) is 6.77. The number of carbonyl (C=O) groups is 1. The van der Waals surface area contributed by atoms with Gasteiger partial charge in [0.05, 0.1) is 0 Å². The van der Waals surface area contributed by atoms with Crippen LogP contribution in [0.2, 0.25) is 0 Å². The van der Waals surface area contributed by atoms with Crippen LogP contribution in [0.15, 0.2) is 30.5 Å². The lowest BCUT2D eigenvalue weighted by atomic mass is 9.91. The standard InChI is InChI=1S/C19H23N3O/c1-2-13-3-5-14(6-4-13)15-7-10-18-21-17(12-22(18)11-15)19(23)20-16-8-9-16/h3-6,12,15-16H,2,7-11H2,1H3,(H,20,23). The smallest absolute Gasteiger partial charge is 0.271 e. The molecule has 1 aliphatic heterocycles. The molecule has 1 aromatic carbocycles. The minimum atomic E-state index is -0.0155. The summed E-state index contributed by atoms with van der Waals surface area (Å²) in [6.45, 7) is 3.10. The summed E-state index contributed by atoms with van der Waals surface area (Å²) >= 11 is 0. The molecule has 120 valence electrons. The van der Waals surface area contributed by atoms with Crippen molar-refractivity contribution in [1.82, 2.24) is 14.9 Å². The number of imidazole rings is 1. The van der Waals surface area contributed by atoms with Crippen LogP contribution >= 0.6 is 0 Å². The maximum absolute atomic E-state index is 12.1. The minimum Gasteiger partial charge on any atom is -0.348 e. The van der Waals surface area contributed by atoms with Crippen LogP contribution < -0.4 is 5.32 Å². The van der Waals surface area contributed by atoms with E-state index in [4.69, 9.17) is 0 Å². The predicted molar refractivity (Wildman–Crippen MR) is 89.6 cm³/mol. The molecule has 4 nitrogen and oxygen atoms in total. The van der Waals surface area contributed by atoms with Crippen LogP contribution in [0.3, 0.4) is 0 Å². The number of amides is 1. The fourth-order valence-electron chi connectivity index (χ4n) is 3.34. The molecule has 0 spiro atoms. The van der Waals surface area contributed by atoms with Crippen LogP contribution in [-0.4, -0.2) is 21.5 Å². The van der Waals surface area contributed by atoms with Gasteiger partial charge in [-0.1, -0.05) is 31.2 Å². The third-order valence-electron chi connectivity index (χ3n) is 5.00. The van der Waals surface area contributed by atoms with Crippen LogP contribution in [0.25, 0.3) is 0 Å². The number of aryl methyl sites for hydroxylation is 2. The summed E-state index contributed by atoms with van der Waals surface area (Å²) in [5.41, 5.74) is 3.35. The average Bonchev–Trinajstić information content (AvgIpc) is 3.29. The van der Waals surface area contributed by atoms with Crippen molar-refractivity contribution in [2.75, 3.05) is 0 Å². The molecular formula is C19H23N3O. The second kappa shape index (κ2) is 5.84. The number of carbonyl (C=O) groups excluding carboxylic acids is 1. The lowest BCUT2D eigenvalue weighted by Crippen LogP contribution is -2.25. The Hall–Kier alpha value is -2.10. The molecule has 1 atom stereocenters. The molecule has 2 heterocycles. The van der Waals surface area contributed by atoms with E-state index in [1.165, 1.54) is 11.1 Å². The van der Waals surface area contributed by atoms with Crippen molar-refractivity contribution in [2.45, 2.75) is 57.5 Å². The first-order valence-electron chi connectivity index (χ1n) is 8.68. The van der Waals surface area contributed by atoms with Gasteiger partial charge in [0.25, 0.3) is 5.91 Å². The number of hydrogen-bond donors (Lipinski definition) is 1. The number of nitrogens with zero attached hydrogens (tertiary/aromatic N) is 2. The average molecular weight is 309 g/mol. The van der Waals surface area contributed by atoms with Gasteiger partial charge in [0.2, 0.25) is 0 Å².